The lowest BCUT2D eigenvalue weighted by molar-refractivity contribution is -0.145. The Labute approximate surface area is 149 Å². The van der Waals surface area contributed by atoms with Crippen LogP contribution in [0, 0.1) is 6.92 Å². The summed E-state index contributed by atoms with van der Waals surface area (Å²) in [5, 5.41) is 0.483. The van der Waals surface area contributed by atoms with Crippen molar-refractivity contribution in [3.05, 3.63) is 63.6 Å². The monoisotopic (exact) mass is 354 g/mol. The number of nitrogens with zero attached hydrogens (tertiary/aromatic N) is 1. The number of benzene rings is 1. The van der Waals surface area contributed by atoms with E-state index in [0.29, 0.717) is 34.4 Å². The van der Waals surface area contributed by atoms with Crippen molar-refractivity contribution in [2.45, 2.75) is 33.3 Å². The van der Waals surface area contributed by atoms with E-state index in [9.17, 15) is 14.4 Å². The van der Waals surface area contributed by atoms with Crippen LogP contribution in [-0.4, -0.2) is 21.7 Å². The predicted molar refractivity (Wildman–Crippen MR) is 93.9 cm³/mol. The minimum atomic E-state index is -0.445. The summed E-state index contributed by atoms with van der Waals surface area (Å²) in [5.74, 6) is 0.862. The number of Topliss-reactive ketones (excluding diaryl/α,β-unsaturated/α-hetero) is 1. The lowest BCUT2D eigenvalue weighted by Gasteiger charge is -2.05. The highest BCUT2D eigenvalue weighted by atomic mass is 16.5. The van der Waals surface area contributed by atoms with Gasteiger partial charge in [-0.2, -0.15) is 0 Å². The zero-order valence-corrected chi connectivity index (χ0v) is 14.5. The maximum absolute atomic E-state index is 12.0. The fourth-order valence-corrected chi connectivity index (χ4v) is 2.67. The lowest BCUT2D eigenvalue weighted by Crippen LogP contribution is -2.14. The average molecular weight is 354 g/mol. The molecule has 26 heavy (non-hydrogen) atoms. The molecule has 0 unspecified atom stereocenters. The Bertz CT molecular complexity index is 1030. The molecule has 1 N–H and O–H groups in total. The van der Waals surface area contributed by atoms with E-state index in [1.807, 2.05) is 0 Å². The van der Waals surface area contributed by atoms with Gasteiger partial charge in [-0.3, -0.25) is 14.4 Å². The maximum Gasteiger partial charge on any atom is 0.306 e. The minimum absolute atomic E-state index is 0.0774. The van der Waals surface area contributed by atoms with Crippen LogP contribution in [0.1, 0.15) is 41.0 Å². The molecule has 0 radical (unpaired) electrons. The van der Waals surface area contributed by atoms with Gasteiger partial charge in [-0.05, 0) is 32.0 Å². The highest BCUT2D eigenvalue weighted by Crippen LogP contribution is 2.17. The van der Waals surface area contributed by atoms with Gasteiger partial charge in [0, 0.05) is 6.42 Å². The first-order valence-corrected chi connectivity index (χ1v) is 8.18. The molecule has 0 atom stereocenters. The van der Waals surface area contributed by atoms with Crippen LogP contribution in [0.25, 0.3) is 10.9 Å². The molecule has 0 fully saturated rings. The van der Waals surface area contributed by atoms with Gasteiger partial charge >= 0.3 is 5.97 Å². The quantitative estimate of drug-likeness (QED) is 0.539. The van der Waals surface area contributed by atoms with Gasteiger partial charge in [0.25, 0.3) is 5.56 Å². The number of ketones is 1. The molecule has 134 valence electrons. The normalized spacial score (nSPS) is 10.8. The first kappa shape index (κ1) is 17.6. The van der Waals surface area contributed by atoms with Crippen molar-refractivity contribution < 1.29 is 18.7 Å². The van der Waals surface area contributed by atoms with Crippen LogP contribution in [0.5, 0.6) is 0 Å². The van der Waals surface area contributed by atoms with E-state index in [4.69, 9.17) is 9.15 Å². The maximum atomic E-state index is 12.0. The van der Waals surface area contributed by atoms with Crippen LogP contribution in [-0.2, 0) is 22.6 Å². The smallest absolute Gasteiger partial charge is 0.306 e. The standard InChI is InChI=1S/C19H18N2O5/c1-11(22)15-9-13(26-12(15)2)7-8-18(23)25-10-17-20-16-6-4-3-5-14(16)19(24)21-17/h3-6,9H,7-8,10H2,1-2H3,(H,20,21,24). The Hall–Kier alpha value is -3.22. The highest BCUT2D eigenvalue weighted by molar-refractivity contribution is 5.95. The number of aromatic amines is 1. The van der Waals surface area contributed by atoms with Crippen molar-refractivity contribution in [2.75, 3.05) is 0 Å². The van der Waals surface area contributed by atoms with Crippen molar-refractivity contribution >= 4 is 22.7 Å². The van der Waals surface area contributed by atoms with Gasteiger partial charge < -0.3 is 14.1 Å². The topological polar surface area (TPSA) is 102 Å². The van der Waals surface area contributed by atoms with E-state index >= 15 is 0 Å². The van der Waals surface area contributed by atoms with Crippen molar-refractivity contribution in [3.63, 3.8) is 0 Å². The molecule has 2 heterocycles. The summed E-state index contributed by atoms with van der Waals surface area (Å²) in [6.07, 6.45) is 0.427. The number of carbonyl (C=O) groups is 2. The Morgan fingerprint density at radius 1 is 1.27 bits per heavy atom. The number of ether oxygens (including phenoxy) is 1. The average Bonchev–Trinajstić information content (AvgIpc) is 2.99. The summed E-state index contributed by atoms with van der Waals surface area (Å²) in [6.45, 7) is 3.06. The molecule has 2 aromatic heterocycles. The van der Waals surface area contributed by atoms with Crippen molar-refractivity contribution in [1.82, 2.24) is 9.97 Å². The fourth-order valence-electron chi connectivity index (χ4n) is 2.67. The first-order valence-electron chi connectivity index (χ1n) is 8.18. The molecule has 0 aliphatic heterocycles. The first-order chi connectivity index (χ1) is 12.4. The van der Waals surface area contributed by atoms with Crippen LogP contribution < -0.4 is 5.56 Å². The number of H-pyrrole nitrogens is 1. The molecular formula is C19H18N2O5. The van der Waals surface area contributed by atoms with Crippen molar-refractivity contribution in [2.24, 2.45) is 0 Å². The third kappa shape index (κ3) is 3.88. The Kier molecular flexibility index (Phi) is 4.97. The van der Waals surface area contributed by atoms with Gasteiger partial charge in [-0.15, -0.1) is 0 Å². The number of hydrogen-bond donors (Lipinski definition) is 1. The van der Waals surface area contributed by atoms with E-state index in [1.165, 1.54) is 6.92 Å². The van der Waals surface area contributed by atoms with Crippen LogP contribution in [0.15, 0.2) is 39.5 Å². The summed E-state index contributed by atoms with van der Waals surface area (Å²) >= 11 is 0. The van der Waals surface area contributed by atoms with Gasteiger partial charge in [-0.25, -0.2) is 4.98 Å². The van der Waals surface area contributed by atoms with E-state index in [2.05, 4.69) is 9.97 Å². The number of esters is 1. The molecule has 3 rings (SSSR count). The largest absolute Gasteiger partial charge is 0.466 e. The number of para-hydroxylation sites is 1. The number of aryl methyl sites for hydroxylation is 2. The third-order valence-corrected chi connectivity index (χ3v) is 3.96. The second kappa shape index (κ2) is 7.35. The molecule has 7 nitrogen and oxygen atoms in total. The molecule has 0 saturated heterocycles. The van der Waals surface area contributed by atoms with E-state index in [0.717, 1.165) is 0 Å². The van der Waals surface area contributed by atoms with Gasteiger partial charge in [-0.1, -0.05) is 12.1 Å². The summed E-state index contributed by atoms with van der Waals surface area (Å²) in [7, 11) is 0. The molecule has 7 heteroatoms. The molecule has 1 aromatic carbocycles. The Morgan fingerprint density at radius 3 is 2.77 bits per heavy atom. The molecule has 0 bridgehead atoms. The number of aromatic nitrogens is 2. The molecule has 3 aromatic rings. The molecule has 0 aliphatic carbocycles. The van der Waals surface area contributed by atoms with Crippen molar-refractivity contribution in [3.8, 4) is 0 Å². The molecule has 0 aliphatic rings. The number of furan rings is 1. The predicted octanol–water partition coefficient (Wildman–Crippen LogP) is 2.70. The summed E-state index contributed by atoms with van der Waals surface area (Å²) < 4.78 is 10.6. The molecule has 0 saturated carbocycles. The zero-order chi connectivity index (χ0) is 18.7. The zero-order valence-electron chi connectivity index (χ0n) is 14.5. The molecule has 0 spiro atoms. The SMILES string of the molecule is CC(=O)c1cc(CCC(=O)OCc2nc3ccccc3c(=O)[nH]2)oc1C. The second-order valence-electron chi connectivity index (χ2n) is 5.93. The second-order valence-corrected chi connectivity index (χ2v) is 5.93. The van der Waals surface area contributed by atoms with E-state index < -0.39 is 5.97 Å². The number of hydrogen-bond acceptors (Lipinski definition) is 6. The van der Waals surface area contributed by atoms with Crippen LogP contribution in [0.3, 0.4) is 0 Å². The molecule has 0 amide bonds. The fraction of sp³-hybridized carbons (Fsp3) is 0.263. The highest BCUT2D eigenvalue weighted by Gasteiger charge is 2.13. The van der Waals surface area contributed by atoms with Crippen molar-refractivity contribution in [1.29, 1.82) is 0 Å². The lowest BCUT2D eigenvalue weighted by atomic mass is 10.1. The number of rotatable bonds is 6. The van der Waals surface area contributed by atoms with Gasteiger partial charge in [0.1, 0.15) is 24.0 Å². The Balaban J connectivity index is 1.58. The Morgan fingerprint density at radius 2 is 2.04 bits per heavy atom. The van der Waals surface area contributed by atoms with E-state index in [1.54, 1.807) is 37.3 Å². The number of carbonyl (C=O) groups excluding carboxylic acids is 2. The summed E-state index contributed by atoms with van der Waals surface area (Å²) in [6, 6.07) is 8.59. The van der Waals surface area contributed by atoms with Crippen LogP contribution in [0.4, 0.5) is 0 Å². The van der Waals surface area contributed by atoms with Gasteiger partial charge in [0.05, 0.1) is 22.9 Å². The summed E-state index contributed by atoms with van der Waals surface area (Å²) in [4.78, 5) is 42.2. The number of fused-ring (bicyclic) bond motifs is 1. The number of nitrogens with one attached hydrogen (secondary N) is 1. The van der Waals surface area contributed by atoms with E-state index in [-0.39, 0.29) is 30.2 Å². The van der Waals surface area contributed by atoms with Crippen LogP contribution >= 0.6 is 0 Å². The third-order valence-electron chi connectivity index (χ3n) is 3.96. The van der Waals surface area contributed by atoms with Crippen LogP contribution in [0.2, 0.25) is 0 Å². The molecular weight excluding hydrogens is 336 g/mol. The van der Waals surface area contributed by atoms with Gasteiger partial charge in [0.2, 0.25) is 0 Å². The minimum Gasteiger partial charge on any atom is -0.466 e. The summed E-state index contributed by atoms with van der Waals surface area (Å²) in [5.41, 5.74) is 0.793. The van der Waals surface area contributed by atoms with Gasteiger partial charge in [0.15, 0.2) is 5.78 Å².